The first-order chi connectivity index (χ1) is 6.75. The number of nitrogens with zero attached hydrogens (tertiary/aromatic N) is 1. The van der Waals surface area contributed by atoms with Crippen molar-refractivity contribution in [2.75, 3.05) is 0 Å². The second kappa shape index (κ2) is 3.58. The average Bonchev–Trinajstić information content (AvgIpc) is 2.19. The van der Waals surface area contributed by atoms with Crippen LogP contribution < -0.4 is 0 Å². The third kappa shape index (κ3) is 1.79. The minimum Gasteiger partial charge on any atom is -0.268 e. The van der Waals surface area contributed by atoms with E-state index in [-0.39, 0.29) is 11.8 Å². The molecule has 0 fully saturated rings. The van der Waals surface area contributed by atoms with Crippen LogP contribution in [0.5, 0.6) is 0 Å². The number of hydrogen-bond donors (Lipinski definition) is 0. The Hall–Kier alpha value is -1.70. The summed E-state index contributed by atoms with van der Waals surface area (Å²) in [5.41, 5.74) is 2.40. The van der Waals surface area contributed by atoms with E-state index in [4.69, 9.17) is 0 Å². The summed E-state index contributed by atoms with van der Waals surface area (Å²) in [7, 11) is 0. The van der Waals surface area contributed by atoms with Crippen molar-refractivity contribution in [1.82, 2.24) is 0 Å². The Labute approximate surface area is 83.0 Å². The van der Waals surface area contributed by atoms with Crippen molar-refractivity contribution in [2.45, 2.75) is 12.8 Å². The Kier molecular flexibility index (Phi) is 2.27. The first-order valence-electron chi connectivity index (χ1n) is 4.58. The molecule has 0 bridgehead atoms. The van der Waals surface area contributed by atoms with Gasteiger partial charge in [0, 0.05) is 18.2 Å². The number of aryl methyl sites for hydroxylation is 1. The van der Waals surface area contributed by atoms with Crippen LogP contribution in [-0.2, 0) is 4.79 Å². The van der Waals surface area contributed by atoms with E-state index in [1.165, 1.54) is 17.2 Å². The van der Waals surface area contributed by atoms with E-state index in [0.717, 1.165) is 0 Å². The van der Waals surface area contributed by atoms with Crippen LogP contribution in [0.3, 0.4) is 0 Å². The minimum atomic E-state index is -0.172. The highest BCUT2D eigenvalue weighted by atomic mass is 16.1. The number of benzene rings is 1. The molecule has 0 radical (unpaired) electrons. The molecular weight excluding hydrogens is 174 g/mol. The van der Waals surface area contributed by atoms with Crippen molar-refractivity contribution < 1.29 is 4.79 Å². The maximum absolute atomic E-state index is 10.8. The molecule has 2 heteroatoms. The maximum atomic E-state index is 10.8. The van der Waals surface area contributed by atoms with Crippen molar-refractivity contribution in [3.8, 4) is 0 Å². The molecule has 14 heavy (non-hydrogen) atoms. The fourth-order valence-electron chi connectivity index (χ4n) is 1.51. The highest BCUT2D eigenvalue weighted by Crippen LogP contribution is 2.18. The van der Waals surface area contributed by atoms with Gasteiger partial charge in [-0.2, -0.15) is 0 Å². The smallest absolute Gasteiger partial charge is 0.268 e. The van der Waals surface area contributed by atoms with Gasteiger partial charge in [0.25, 0.3) is 5.91 Å². The third-order valence-corrected chi connectivity index (χ3v) is 2.24. The lowest BCUT2D eigenvalue weighted by atomic mass is 9.97. The van der Waals surface area contributed by atoms with Crippen molar-refractivity contribution in [3.63, 3.8) is 0 Å². The molecule has 1 aliphatic rings. The van der Waals surface area contributed by atoms with E-state index in [9.17, 15) is 4.79 Å². The summed E-state index contributed by atoms with van der Waals surface area (Å²) in [5.74, 6) is -0.0264. The average molecular weight is 185 g/mol. The van der Waals surface area contributed by atoms with Gasteiger partial charge in [-0.15, -0.1) is 0 Å². The molecule has 1 aromatic carbocycles. The Morgan fingerprint density at radius 2 is 2.21 bits per heavy atom. The first-order valence-corrected chi connectivity index (χ1v) is 4.58. The summed E-state index contributed by atoms with van der Waals surface area (Å²) in [6.45, 7) is 2.05. The Morgan fingerprint density at radius 1 is 1.36 bits per heavy atom. The van der Waals surface area contributed by atoms with Gasteiger partial charge in [0.05, 0.1) is 0 Å². The Bertz CT molecular complexity index is 402. The van der Waals surface area contributed by atoms with Crippen LogP contribution in [-0.4, -0.2) is 12.1 Å². The molecule has 1 amide bonds. The standard InChI is InChI=1S/C12H11NO/c1-9-3-2-4-10(7-9)11-5-6-12(14)13-8-11/h2-8,11H,1H3. The summed E-state index contributed by atoms with van der Waals surface area (Å²) in [5, 5.41) is 0. The first kappa shape index (κ1) is 8.88. The van der Waals surface area contributed by atoms with E-state index in [1.54, 1.807) is 6.21 Å². The lowest BCUT2D eigenvalue weighted by Gasteiger charge is -2.10. The van der Waals surface area contributed by atoms with Gasteiger partial charge in [-0.3, -0.25) is 4.79 Å². The molecule has 1 aromatic rings. The van der Waals surface area contributed by atoms with Crippen LogP contribution in [0.4, 0.5) is 0 Å². The van der Waals surface area contributed by atoms with E-state index in [1.807, 2.05) is 18.2 Å². The molecular formula is C12H11NO. The van der Waals surface area contributed by atoms with Gasteiger partial charge >= 0.3 is 0 Å². The molecule has 1 heterocycles. The van der Waals surface area contributed by atoms with E-state index in [2.05, 4.69) is 24.0 Å². The van der Waals surface area contributed by atoms with E-state index < -0.39 is 0 Å². The lowest BCUT2D eigenvalue weighted by molar-refractivity contribution is -0.113. The maximum Gasteiger partial charge on any atom is 0.269 e. The summed E-state index contributed by atoms with van der Waals surface area (Å²) < 4.78 is 0. The summed E-state index contributed by atoms with van der Waals surface area (Å²) >= 11 is 0. The zero-order valence-electron chi connectivity index (χ0n) is 7.97. The molecule has 2 rings (SSSR count). The van der Waals surface area contributed by atoms with Crippen LogP contribution in [0.15, 0.2) is 41.4 Å². The largest absolute Gasteiger partial charge is 0.269 e. The third-order valence-electron chi connectivity index (χ3n) is 2.24. The molecule has 1 aliphatic heterocycles. The number of rotatable bonds is 1. The van der Waals surface area contributed by atoms with Crippen molar-refractivity contribution >= 4 is 12.1 Å². The summed E-state index contributed by atoms with van der Waals surface area (Å²) in [4.78, 5) is 14.6. The monoisotopic (exact) mass is 185 g/mol. The normalized spacial score (nSPS) is 20.1. The van der Waals surface area contributed by atoms with Gasteiger partial charge in [0.1, 0.15) is 0 Å². The van der Waals surface area contributed by atoms with Gasteiger partial charge in [-0.05, 0) is 12.5 Å². The zero-order valence-corrected chi connectivity index (χ0v) is 7.97. The molecule has 1 atom stereocenters. The SMILES string of the molecule is Cc1cccc(C2C=CC(=O)N=C2)c1. The predicted octanol–water partition coefficient (Wildman–Crippen LogP) is 2.25. The predicted molar refractivity (Wildman–Crippen MR) is 56.6 cm³/mol. The topological polar surface area (TPSA) is 29.4 Å². The lowest BCUT2D eigenvalue weighted by Crippen LogP contribution is -2.04. The number of carbonyl (C=O) groups is 1. The molecule has 0 N–H and O–H groups in total. The van der Waals surface area contributed by atoms with Gasteiger partial charge in [0.15, 0.2) is 0 Å². The highest BCUT2D eigenvalue weighted by molar-refractivity contribution is 5.98. The zero-order chi connectivity index (χ0) is 9.97. The number of amides is 1. The molecule has 0 saturated carbocycles. The minimum absolute atomic E-state index is 0.146. The van der Waals surface area contributed by atoms with E-state index in [0.29, 0.717) is 0 Å². The molecule has 0 saturated heterocycles. The number of hydrogen-bond acceptors (Lipinski definition) is 1. The Morgan fingerprint density at radius 3 is 2.86 bits per heavy atom. The molecule has 0 spiro atoms. The molecule has 2 nitrogen and oxygen atoms in total. The number of carbonyl (C=O) groups excluding carboxylic acids is 1. The summed E-state index contributed by atoms with van der Waals surface area (Å²) in [6, 6.07) is 8.22. The fourth-order valence-corrected chi connectivity index (χ4v) is 1.51. The van der Waals surface area contributed by atoms with Crippen LogP contribution in [0, 0.1) is 6.92 Å². The quantitative estimate of drug-likeness (QED) is 0.659. The summed E-state index contributed by atoms with van der Waals surface area (Å²) in [6.07, 6.45) is 5.09. The molecule has 0 aromatic heterocycles. The van der Waals surface area contributed by atoms with Crippen LogP contribution in [0.25, 0.3) is 0 Å². The molecule has 1 unspecified atom stereocenters. The van der Waals surface area contributed by atoms with E-state index >= 15 is 0 Å². The van der Waals surface area contributed by atoms with Crippen LogP contribution in [0.1, 0.15) is 17.0 Å². The van der Waals surface area contributed by atoms with Crippen LogP contribution >= 0.6 is 0 Å². The Balaban J connectivity index is 2.29. The van der Waals surface area contributed by atoms with Crippen molar-refractivity contribution in [3.05, 3.63) is 47.5 Å². The van der Waals surface area contributed by atoms with Gasteiger partial charge in [-0.1, -0.05) is 35.9 Å². The number of allylic oxidation sites excluding steroid dienone is 1. The highest BCUT2D eigenvalue weighted by Gasteiger charge is 2.09. The van der Waals surface area contributed by atoms with Gasteiger partial charge in [0.2, 0.25) is 0 Å². The number of aliphatic imine (C=N–C) groups is 1. The van der Waals surface area contributed by atoms with Crippen LogP contribution in [0.2, 0.25) is 0 Å². The number of dihydropyridines is 1. The molecule has 0 aliphatic carbocycles. The van der Waals surface area contributed by atoms with Gasteiger partial charge < -0.3 is 0 Å². The fraction of sp³-hybridized carbons (Fsp3) is 0.167. The van der Waals surface area contributed by atoms with Gasteiger partial charge in [-0.25, -0.2) is 4.99 Å². The second-order valence-corrected chi connectivity index (χ2v) is 3.42. The molecule has 70 valence electrons. The second-order valence-electron chi connectivity index (χ2n) is 3.42. The van der Waals surface area contributed by atoms with Crippen molar-refractivity contribution in [1.29, 1.82) is 0 Å². The van der Waals surface area contributed by atoms with Crippen molar-refractivity contribution in [2.24, 2.45) is 4.99 Å².